The molecular formula is C17H11F3N6. The monoisotopic (exact) mass is 356 g/mol. The van der Waals surface area contributed by atoms with Gasteiger partial charge in [0.15, 0.2) is 5.82 Å². The fourth-order valence-electron chi connectivity index (χ4n) is 2.19. The number of aromatic nitrogens is 3. The van der Waals surface area contributed by atoms with Gasteiger partial charge < -0.3 is 10.6 Å². The molecule has 9 heteroatoms. The first-order valence-corrected chi connectivity index (χ1v) is 7.36. The van der Waals surface area contributed by atoms with Gasteiger partial charge >= 0.3 is 6.18 Å². The van der Waals surface area contributed by atoms with Gasteiger partial charge in [-0.2, -0.15) is 28.5 Å². The van der Waals surface area contributed by atoms with Crippen molar-refractivity contribution in [1.29, 1.82) is 5.26 Å². The largest absolute Gasteiger partial charge is 0.418 e. The average Bonchev–Trinajstić information content (AvgIpc) is 2.62. The predicted octanol–water partition coefficient (Wildman–Crippen LogP) is 4.25. The fourth-order valence-corrected chi connectivity index (χ4v) is 2.19. The molecule has 0 amide bonds. The van der Waals surface area contributed by atoms with Crippen molar-refractivity contribution in [3.8, 4) is 6.07 Å². The highest BCUT2D eigenvalue weighted by Gasteiger charge is 2.33. The van der Waals surface area contributed by atoms with E-state index in [0.29, 0.717) is 11.3 Å². The number of rotatable bonds is 4. The van der Waals surface area contributed by atoms with Crippen LogP contribution in [0.4, 0.5) is 36.3 Å². The highest BCUT2D eigenvalue weighted by Crippen LogP contribution is 2.35. The normalized spacial score (nSPS) is 10.8. The van der Waals surface area contributed by atoms with E-state index in [9.17, 15) is 13.2 Å². The molecule has 26 heavy (non-hydrogen) atoms. The Kier molecular flexibility index (Phi) is 4.66. The van der Waals surface area contributed by atoms with Crippen molar-refractivity contribution in [2.75, 3.05) is 10.6 Å². The summed E-state index contributed by atoms with van der Waals surface area (Å²) in [6.45, 7) is 0. The zero-order chi connectivity index (χ0) is 18.6. The van der Waals surface area contributed by atoms with E-state index in [2.05, 4.69) is 25.8 Å². The smallest absolute Gasteiger partial charge is 0.338 e. The number of benzene rings is 2. The molecule has 0 spiro atoms. The van der Waals surface area contributed by atoms with Crippen molar-refractivity contribution in [1.82, 2.24) is 15.2 Å². The number of nitrogens with one attached hydrogen (secondary N) is 2. The number of hydrogen-bond acceptors (Lipinski definition) is 6. The van der Waals surface area contributed by atoms with E-state index in [1.165, 1.54) is 24.4 Å². The molecule has 0 saturated heterocycles. The van der Waals surface area contributed by atoms with E-state index >= 15 is 0 Å². The summed E-state index contributed by atoms with van der Waals surface area (Å²) in [5, 5.41) is 21.9. The fraction of sp³-hybridized carbons (Fsp3) is 0.0588. The molecule has 2 aromatic carbocycles. The van der Waals surface area contributed by atoms with Gasteiger partial charge in [0, 0.05) is 5.69 Å². The second-order valence-corrected chi connectivity index (χ2v) is 5.15. The van der Waals surface area contributed by atoms with Gasteiger partial charge in [0.05, 0.1) is 29.1 Å². The Hall–Kier alpha value is -3.67. The molecule has 2 N–H and O–H groups in total. The molecule has 0 aliphatic rings. The van der Waals surface area contributed by atoms with Gasteiger partial charge in [0.1, 0.15) is 0 Å². The average molecular weight is 356 g/mol. The van der Waals surface area contributed by atoms with Crippen LogP contribution in [-0.4, -0.2) is 15.2 Å². The summed E-state index contributed by atoms with van der Waals surface area (Å²) >= 11 is 0. The van der Waals surface area contributed by atoms with Crippen molar-refractivity contribution in [3.63, 3.8) is 0 Å². The zero-order valence-corrected chi connectivity index (χ0v) is 13.1. The Morgan fingerprint density at radius 2 is 1.81 bits per heavy atom. The molecule has 0 bridgehead atoms. The third-order valence-electron chi connectivity index (χ3n) is 3.30. The quantitative estimate of drug-likeness (QED) is 0.727. The van der Waals surface area contributed by atoms with Crippen molar-refractivity contribution in [2.45, 2.75) is 6.18 Å². The minimum absolute atomic E-state index is 0.0783. The van der Waals surface area contributed by atoms with E-state index in [-0.39, 0.29) is 17.5 Å². The van der Waals surface area contributed by atoms with Crippen LogP contribution < -0.4 is 10.6 Å². The number of para-hydroxylation sites is 1. The summed E-state index contributed by atoms with van der Waals surface area (Å²) in [5.41, 5.74) is 0.0443. The standard InChI is InChI=1S/C17H11F3N6/c18-17(19,20)13-6-1-2-7-14(13)24-15-10-22-26-16(25-15)23-12-5-3-4-11(8-12)9-21/h1-8,10H,(H2,23,24,25,26). The third kappa shape index (κ3) is 4.05. The maximum atomic E-state index is 13.1. The molecule has 3 aromatic rings. The van der Waals surface area contributed by atoms with Crippen LogP contribution in [0.1, 0.15) is 11.1 Å². The second kappa shape index (κ2) is 7.06. The summed E-state index contributed by atoms with van der Waals surface area (Å²) in [6.07, 6.45) is -3.28. The Balaban J connectivity index is 1.84. The van der Waals surface area contributed by atoms with Crippen molar-refractivity contribution < 1.29 is 13.2 Å². The lowest BCUT2D eigenvalue weighted by molar-refractivity contribution is -0.136. The Morgan fingerprint density at radius 3 is 2.58 bits per heavy atom. The number of hydrogen-bond donors (Lipinski definition) is 2. The summed E-state index contributed by atoms with van der Waals surface area (Å²) in [5.74, 6) is 0.171. The van der Waals surface area contributed by atoms with Crippen molar-refractivity contribution >= 4 is 23.1 Å². The molecule has 0 atom stereocenters. The molecular weight excluding hydrogens is 345 g/mol. The summed E-state index contributed by atoms with van der Waals surface area (Å²) in [6, 6.07) is 13.7. The maximum Gasteiger partial charge on any atom is 0.418 e. The lowest BCUT2D eigenvalue weighted by atomic mass is 10.1. The summed E-state index contributed by atoms with van der Waals surface area (Å²) in [7, 11) is 0. The molecule has 0 fully saturated rings. The first-order valence-electron chi connectivity index (χ1n) is 7.36. The number of nitrogens with zero attached hydrogens (tertiary/aromatic N) is 4. The molecule has 0 saturated carbocycles. The van der Waals surface area contributed by atoms with Crippen LogP contribution >= 0.6 is 0 Å². The van der Waals surface area contributed by atoms with Crippen LogP contribution in [0, 0.1) is 11.3 Å². The summed E-state index contributed by atoms with van der Waals surface area (Å²) < 4.78 is 39.2. The van der Waals surface area contributed by atoms with Crippen LogP contribution in [0.2, 0.25) is 0 Å². The highest BCUT2D eigenvalue weighted by atomic mass is 19.4. The molecule has 1 heterocycles. The Labute approximate surface area is 146 Å². The van der Waals surface area contributed by atoms with E-state index in [1.54, 1.807) is 24.3 Å². The van der Waals surface area contributed by atoms with Crippen LogP contribution in [0.3, 0.4) is 0 Å². The minimum atomic E-state index is -4.50. The lowest BCUT2D eigenvalue weighted by Crippen LogP contribution is -2.09. The molecule has 0 aliphatic heterocycles. The Bertz CT molecular complexity index is 965. The van der Waals surface area contributed by atoms with Gasteiger partial charge in [0.2, 0.25) is 5.95 Å². The van der Waals surface area contributed by atoms with Gasteiger partial charge in [-0.15, -0.1) is 5.10 Å². The summed E-state index contributed by atoms with van der Waals surface area (Å²) in [4.78, 5) is 4.10. The van der Waals surface area contributed by atoms with Gasteiger partial charge in [-0.25, -0.2) is 0 Å². The maximum absolute atomic E-state index is 13.1. The molecule has 6 nitrogen and oxygen atoms in total. The molecule has 3 rings (SSSR count). The van der Waals surface area contributed by atoms with E-state index < -0.39 is 11.7 Å². The number of halogens is 3. The van der Waals surface area contributed by atoms with Crippen LogP contribution in [-0.2, 0) is 6.18 Å². The molecule has 130 valence electrons. The van der Waals surface area contributed by atoms with Gasteiger partial charge in [-0.05, 0) is 30.3 Å². The number of alkyl halides is 3. The first kappa shape index (κ1) is 17.2. The van der Waals surface area contributed by atoms with Crippen LogP contribution in [0.15, 0.2) is 54.7 Å². The molecule has 0 unspecified atom stereocenters. The SMILES string of the molecule is N#Cc1cccc(Nc2nncc(Nc3ccccc3C(F)(F)F)n2)c1. The highest BCUT2D eigenvalue weighted by molar-refractivity contribution is 5.62. The Morgan fingerprint density at radius 1 is 1.00 bits per heavy atom. The van der Waals surface area contributed by atoms with E-state index in [1.807, 2.05) is 6.07 Å². The molecule has 1 aromatic heterocycles. The topological polar surface area (TPSA) is 86.5 Å². The zero-order valence-electron chi connectivity index (χ0n) is 13.1. The number of nitriles is 1. The number of anilines is 4. The van der Waals surface area contributed by atoms with E-state index in [4.69, 9.17) is 5.26 Å². The molecule has 0 aliphatic carbocycles. The van der Waals surface area contributed by atoms with Crippen molar-refractivity contribution in [3.05, 3.63) is 65.9 Å². The van der Waals surface area contributed by atoms with Gasteiger partial charge in [0.25, 0.3) is 0 Å². The van der Waals surface area contributed by atoms with Crippen molar-refractivity contribution in [2.24, 2.45) is 0 Å². The minimum Gasteiger partial charge on any atom is -0.338 e. The molecule has 0 radical (unpaired) electrons. The van der Waals surface area contributed by atoms with Crippen LogP contribution in [0.25, 0.3) is 0 Å². The van der Waals surface area contributed by atoms with Gasteiger partial charge in [-0.3, -0.25) is 0 Å². The van der Waals surface area contributed by atoms with Crippen LogP contribution in [0.5, 0.6) is 0 Å². The van der Waals surface area contributed by atoms with Gasteiger partial charge in [-0.1, -0.05) is 18.2 Å². The third-order valence-corrected chi connectivity index (χ3v) is 3.30. The second-order valence-electron chi connectivity index (χ2n) is 5.15. The first-order chi connectivity index (χ1) is 12.5. The van der Waals surface area contributed by atoms with E-state index in [0.717, 1.165) is 6.07 Å². The lowest BCUT2D eigenvalue weighted by Gasteiger charge is -2.14. The predicted molar refractivity (Wildman–Crippen MR) is 89.0 cm³/mol.